The summed E-state index contributed by atoms with van der Waals surface area (Å²) in [6.07, 6.45) is 2.85. The van der Waals surface area contributed by atoms with Gasteiger partial charge in [0.2, 0.25) is 0 Å². The molecule has 12 heavy (non-hydrogen) atoms. The molecule has 1 heterocycles. The van der Waals surface area contributed by atoms with Gasteiger partial charge in [-0.1, -0.05) is 18.2 Å². The number of aryl methyl sites for hydroxylation is 2. The number of aromatic nitrogens is 1. The van der Waals surface area contributed by atoms with Crippen molar-refractivity contribution in [1.29, 1.82) is 0 Å². The van der Waals surface area contributed by atoms with E-state index in [9.17, 15) is 0 Å². The van der Waals surface area contributed by atoms with Gasteiger partial charge in [0.1, 0.15) is 0 Å². The Bertz CT molecular complexity index is 378. The number of hydrogen-bond acceptors (Lipinski definition) is 1. The molecule has 1 heteroatoms. The Labute approximate surface area is 72.1 Å². The van der Waals surface area contributed by atoms with Crippen LogP contribution in [0.15, 0.2) is 24.3 Å². The molecule has 1 radical (unpaired) electrons. The number of hydrogen-bond donors (Lipinski definition) is 0. The minimum atomic E-state index is 1.07. The maximum absolute atomic E-state index is 4.22. The molecular weight excluding hydrogens is 146 g/mol. The van der Waals surface area contributed by atoms with Gasteiger partial charge in [0.15, 0.2) is 0 Å². The third-order valence-electron chi connectivity index (χ3n) is 2.14. The van der Waals surface area contributed by atoms with Gasteiger partial charge in [-0.15, -0.1) is 0 Å². The molecule has 1 nitrogen and oxygen atoms in total. The lowest BCUT2D eigenvalue weighted by Gasteiger charge is -2.02. The zero-order valence-corrected chi connectivity index (χ0v) is 7.26. The van der Waals surface area contributed by atoms with E-state index in [4.69, 9.17) is 0 Å². The van der Waals surface area contributed by atoms with Gasteiger partial charge >= 0.3 is 0 Å². The molecule has 0 unspecified atom stereocenters. The average Bonchev–Trinajstić information content (AvgIpc) is 2.12. The highest BCUT2D eigenvalue weighted by Gasteiger charge is 1.99. The highest BCUT2D eigenvalue weighted by Crippen LogP contribution is 2.18. The van der Waals surface area contributed by atoms with Crippen LogP contribution in [0.3, 0.4) is 0 Å². The van der Waals surface area contributed by atoms with Gasteiger partial charge in [-0.3, -0.25) is 0 Å². The maximum atomic E-state index is 4.22. The molecular formula is C11H10N. The largest absolute Gasteiger partial charge is 0.246 e. The standard InChI is InChI=1S/C11H10N/c1-8-5-6-9(2)11-10(8)4-3-7-12-11/h3-6H,1-2H3. The molecule has 0 atom stereocenters. The fraction of sp³-hybridized carbons (Fsp3) is 0.182. The van der Waals surface area contributed by atoms with E-state index in [0.717, 1.165) is 5.52 Å². The van der Waals surface area contributed by atoms with Crippen molar-refractivity contribution in [1.82, 2.24) is 4.98 Å². The van der Waals surface area contributed by atoms with Gasteiger partial charge in [-0.2, -0.15) is 0 Å². The molecule has 2 aromatic rings. The molecule has 0 fully saturated rings. The molecule has 59 valence electrons. The molecule has 0 aliphatic heterocycles. The summed E-state index contributed by atoms with van der Waals surface area (Å²) in [7, 11) is 0. The van der Waals surface area contributed by atoms with Crippen LogP contribution in [0.2, 0.25) is 0 Å². The second-order valence-corrected chi connectivity index (χ2v) is 3.04. The quantitative estimate of drug-likeness (QED) is 0.571. The lowest BCUT2D eigenvalue weighted by molar-refractivity contribution is 1.33. The lowest BCUT2D eigenvalue weighted by Crippen LogP contribution is -1.85. The van der Waals surface area contributed by atoms with E-state index in [1.807, 2.05) is 6.07 Å². The highest BCUT2D eigenvalue weighted by molar-refractivity contribution is 5.84. The van der Waals surface area contributed by atoms with E-state index in [1.54, 1.807) is 0 Å². The zero-order chi connectivity index (χ0) is 8.55. The minimum absolute atomic E-state index is 1.07. The minimum Gasteiger partial charge on any atom is -0.246 e. The van der Waals surface area contributed by atoms with Gasteiger partial charge in [-0.05, 0) is 31.0 Å². The third-order valence-corrected chi connectivity index (χ3v) is 2.14. The van der Waals surface area contributed by atoms with Crippen molar-refractivity contribution in [3.8, 4) is 0 Å². The van der Waals surface area contributed by atoms with Crippen molar-refractivity contribution < 1.29 is 0 Å². The van der Waals surface area contributed by atoms with Crippen LogP contribution >= 0.6 is 0 Å². The predicted molar refractivity (Wildman–Crippen MR) is 50.1 cm³/mol. The molecule has 0 amide bonds. The normalized spacial score (nSPS) is 10.5. The number of fused-ring (bicyclic) bond motifs is 1. The van der Waals surface area contributed by atoms with Crippen LogP contribution in [-0.4, -0.2) is 4.98 Å². The predicted octanol–water partition coefficient (Wildman–Crippen LogP) is 2.65. The van der Waals surface area contributed by atoms with Crippen LogP contribution < -0.4 is 0 Å². The van der Waals surface area contributed by atoms with E-state index in [2.05, 4.69) is 43.2 Å². The molecule has 0 bridgehead atoms. The smallest absolute Gasteiger partial charge is 0.0894 e. The fourth-order valence-corrected chi connectivity index (χ4v) is 1.40. The van der Waals surface area contributed by atoms with Crippen molar-refractivity contribution in [2.24, 2.45) is 0 Å². The van der Waals surface area contributed by atoms with Gasteiger partial charge in [-0.25, -0.2) is 4.98 Å². The van der Waals surface area contributed by atoms with Crippen LogP contribution in [0.1, 0.15) is 11.1 Å². The lowest BCUT2D eigenvalue weighted by atomic mass is 10.1. The summed E-state index contributed by atoms with van der Waals surface area (Å²) in [6.45, 7) is 4.17. The first kappa shape index (κ1) is 7.29. The highest BCUT2D eigenvalue weighted by atomic mass is 14.6. The number of rotatable bonds is 0. The number of benzene rings is 1. The van der Waals surface area contributed by atoms with Crippen LogP contribution in [0.4, 0.5) is 0 Å². The monoisotopic (exact) mass is 156 g/mol. The molecule has 0 saturated carbocycles. The average molecular weight is 156 g/mol. The second-order valence-electron chi connectivity index (χ2n) is 3.04. The summed E-state index contributed by atoms with van der Waals surface area (Å²) in [4.78, 5) is 4.22. The van der Waals surface area contributed by atoms with Crippen molar-refractivity contribution in [3.05, 3.63) is 41.6 Å². The molecule has 2 rings (SSSR count). The molecule has 0 aliphatic carbocycles. The first-order chi connectivity index (χ1) is 5.79. The third kappa shape index (κ3) is 0.981. The van der Waals surface area contributed by atoms with Crippen molar-refractivity contribution in [2.75, 3.05) is 0 Å². The zero-order valence-electron chi connectivity index (χ0n) is 7.26. The van der Waals surface area contributed by atoms with Gasteiger partial charge in [0.25, 0.3) is 0 Å². The summed E-state index contributed by atoms with van der Waals surface area (Å²) in [5.41, 5.74) is 3.56. The summed E-state index contributed by atoms with van der Waals surface area (Å²) in [5, 5.41) is 1.23. The molecule has 0 saturated heterocycles. The van der Waals surface area contributed by atoms with Crippen LogP contribution in [0, 0.1) is 20.0 Å². The van der Waals surface area contributed by atoms with Gasteiger partial charge in [0.05, 0.1) is 11.7 Å². The Morgan fingerprint density at radius 1 is 1.08 bits per heavy atom. The number of nitrogens with zero attached hydrogens (tertiary/aromatic N) is 1. The Balaban J connectivity index is 2.95. The van der Waals surface area contributed by atoms with E-state index in [0.29, 0.717) is 0 Å². The Morgan fingerprint density at radius 2 is 1.83 bits per heavy atom. The van der Waals surface area contributed by atoms with Crippen LogP contribution in [0.25, 0.3) is 10.9 Å². The van der Waals surface area contributed by atoms with Crippen molar-refractivity contribution >= 4 is 10.9 Å². The summed E-state index contributed by atoms with van der Waals surface area (Å²) < 4.78 is 0. The maximum Gasteiger partial charge on any atom is 0.0894 e. The molecule has 0 spiro atoms. The summed E-state index contributed by atoms with van der Waals surface area (Å²) >= 11 is 0. The Kier molecular flexibility index (Phi) is 1.58. The summed E-state index contributed by atoms with van der Waals surface area (Å²) in [5.74, 6) is 0. The summed E-state index contributed by atoms with van der Waals surface area (Å²) in [6, 6.07) is 8.14. The molecule has 0 aliphatic rings. The molecule has 1 aromatic carbocycles. The molecule has 1 aromatic heterocycles. The van der Waals surface area contributed by atoms with Crippen LogP contribution in [0.5, 0.6) is 0 Å². The van der Waals surface area contributed by atoms with E-state index in [1.165, 1.54) is 16.5 Å². The van der Waals surface area contributed by atoms with Crippen molar-refractivity contribution in [3.63, 3.8) is 0 Å². The SMILES string of the molecule is Cc1ccc(C)c2n[c]ccc12. The van der Waals surface area contributed by atoms with E-state index in [-0.39, 0.29) is 0 Å². The fourth-order valence-electron chi connectivity index (χ4n) is 1.40. The Hall–Kier alpha value is -1.37. The van der Waals surface area contributed by atoms with Crippen molar-refractivity contribution in [2.45, 2.75) is 13.8 Å². The van der Waals surface area contributed by atoms with E-state index < -0.39 is 0 Å². The first-order valence-electron chi connectivity index (χ1n) is 4.02. The van der Waals surface area contributed by atoms with Gasteiger partial charge < -0.3 is 0 Å². The first-order valence-corrected chi connectivity index (χ1v) is 4.02. The van der Waals surface area contributed by atoms with Gasteiger partial charge in [0, 0.05) is 5.39 Å². The second kappa shape index (κ2) is 2.59. The Morgan fingerprint density at radius 3 is 2.58 bits per heavy atom. The topological polar surface area (TPSA) is 12.9 Å². The van der Waals surface area contributed by atoms with Crippen LogP contribution in [-0.2, 0) is 0 Å². The van der Waals surface area contributed by atoms with E-state index >= 15 is 0 Å². The number of pyridine rings is 1. The molecule has 0 N–H and O–H groups in total.